The minimum Gasteiger partial charge on any atom is -0.493 e. The van der Waals surface area contributed by atoms with Crippen LogP contribution < -0.4 is 19.5 Å². The topological polar surface area (TPSA) is 72.6 Å². The fourth-order valence-corrected chi connectivity index (χ4v) is 5.16. The van der Waals surface area contributed by atoms with Crippen molar-refractivity contribution in [2.45, 2.75) is 4.90 Å². The zero-order chi connectivity index (χ0) is 25.5. The molecule has 8 heteroatoms. The zero-order valence-electron chi connectivity index (χ0n) is 20.3. The maximum atomic E-state index is 12.4. The summed E-state index contributed by atoms with van der Waals surface area (Å²) >= 11 is 5.23. The summed E-state index contributed by atoms with van der Waals surface area (Å²) in [5.41, 5.74) is 4.07. The molecule has 1 aromatic heterocycles. The molecule has 0 radical (unpaired) electrons. The maximum absolute atomic E-state index is 12.4. The Hall–Kier alpha value is -3.36. The maximum Gasteiger partial charge on any atom is 0.244 e. The number of rotatable bonds is 10. The number of para-hydroxylation sites is 1. The Balaban J connectivity index is 1.40. The van der Waals surface area contributed by atoms with Gasteiger partial charge in [0, 0.05) is 38.6 Å². The molecule has 1 amide bonds. The van der Waals surface area contributed by atoms with Gasteiger partial charge in [-0.2, -0.15) is 0 Å². The molecule has 0 saturated carbocycles. The van der Waals surface area contributed by atoms with Crippen molar-refractivity contribution in [2.24, 2.45) is 0 Å². The Kier molecular flexibility index (Phi) is 8.61. The Morgan fingerprint density at radius 1 is 1.00 bits per heavy atom. The fraction of sp³-hybridized carbons (Fsp3) is 0.179. The molecule has 0 unspecified atom stereocenters. The van der Waals surface area contributed by atoms with Crippen LogP contribution in [0, 0.1) is 0 Å². The highest BCUT2D eigenvalue weighted by molar-refractivity contribution is 9.10. The van der Waals surface area contributed by atoms with E-state index in [0.29, 0.717) is 23.8 Å². The number of ether oxygens (including phenoxy) is 3. The summed E-state index contributed by atoms with van der Waals surface area (Å²) in [6, 6.07) is 20.1. The summed E-state index contributed by atoms with van der Waals surface area (Å²) in [5, 5.41) is 4.13. The minimum atomic E-state index is -0.170. The number of thioether (sulfide) groups is 1. The Morgan fingerprint density at radius 2 is 1.69 bits per heavy atom. The van der Waals surface area contributed by atoms with Gasteiger partial charge in [0.25, 0.3) is 0 Å². The number of fused-ring (bicyclic) bond motifs is 1. The average Bonchev–Trinajstić information content (AvgIpc) is 3.28. The number of amides is 1. The van der Waals surface area contributed by atoms with E-state index in [2.05, 4.69) is 50.5 Å². The fourth-order valence-electron chi connectivity index (χ4n) is 3.84. The summed E-state index contributed by atoms with van der Waals surface area (Å²) in [6.07, 6.45) is 3.22. The molecule has 0 fully saturated rings. The molecule has 0 aliphatic heterocycles. The lowest BCUT2D eigenvalue weighted by molar-refractivity contribution is -0.116. The number of H-pyrrole nitrogens is 1. The summed E-state index contributed by atoms with van der Waals surface area (Å²) in [5.74, 6) is 2.15. The van der Waals surface area contributed by atoms with Crippen molar-refractivity contribution < 1.29 is 19.0 Å². The van der Waals surface area contributed by atoms with E-state index in [-0.39, 0.29) is 5.91 Å². The van der Waals surface area contributed by atoms with Crippen LogP contribution in [0.3, 0.4) is 0 Å². The molecular weight excluding hydrogens is 540 g/mol. The second kappa shape index (κ2) is 12.1. The van der Waals surface area contributed by atoms with E-state index in [4.69, 9.17) is 14.2 Å². The number of carbonyl (C=O) groups is 1. The molecule has 0 aliphatic carbocycles. The molecule has 0 spiro atoms. The second-order valence-electron chi connectivity index (χ2n) is 7.81. The first-order valence-electron chi connectivity index (χ1n) is 11.3. The normalized spacial score (nSPS) is 11.1. The predicted octanol–water partition coefficient (Wildman–Crippen LogP) is 6.54. The summed E-state index contributed by atoms with van der Waals surface area (Å²) in [7, 11) is 4.68. The van der Waals surface area contributed by atoms with Crippen molar-refractivity contribution in [3.05, 3.63) is 76.8 Å². The molecule has 186 valence electrons. The van der Waals surface area contributed by atoms with Gasteiger partial charge in [0.05, 0.1) is 27.0 Å². The molecule has 0 aliphatic rings. The molecule has 0 atom stereocenters. The molecule has 0 saturated heterocycles. The summed E-state index contributed by atoms with van der Waals surface area (Å²) in [4.78, 5) is 17.2. The van der Waals surface area contributed by atoms with Gasteiger partial charge in [0.15, 0.2) is 11.5 Å². The molecule has 4 aromatic rings. The van der Waals surface area contributed by atoms with E-state index in [9.17, 15) is 4.79 Å². The lowest BCUT2D eigenvalue weighted by Gasteiger charge is -2.12. The van der Waals surface area contributed by atoms with Crippen LogP contribution in [-0.2, 0) is 4.79 Å². The number of methoxy groups -OCH3 is 3. The van der Waals surface area contributed by atoms with Crippen molar-refractivity contribution in [1.82, 2.24) is 10.3 Å². The molecule has 3 aromatic carbocycles. The van der Waals surface area contributed by atoms with Crippen LogP contribution in [0.2, 0.25) is 0 Å². The van der Waals surface area contributed by atoms with Crippen LogP contribution >= 0.6 is 27.7 Å². The van der Waals surface area contributed by atoms with Crippen LogP contribution in [-0.4, -0.2) is 44.5 Å². The number of hydrogen-bond acceptors (Lipinski definition) is 5. The highest BCUT2D eigenvalue weighted by Crippen LogP contribution is 2.39. The first kappa shape index (κ1) is 25.7. The average molecular weight is 568 g/mol. The third kappa shape index (κ3) is 5.88. The first-order chi connectivity index (χ1) is 17.5. The predicted molar refractivity (Wildman–Crippen MR) is 150 cm³/mol. The first-order valence-corrected chi connectivity index (χ1v) is 13.1. The molecule has 36 heavy (non-hydrogen) atoms. The smallest absolute Gasteiger partial charge is 0.244 e. The SMILES string of the molecule is COc1cc(/C=C/C(=O)NCCSc2c(-c3ccc(Br)cc3)[nH]c3ccccc23)cc(OC)c1OC. The van der Waals surface area contributed by atoms with E-state index >= 15 is 0 Å². The van der Waals surface area contributed by atoms with E-state index in [1.54, 1.807) is 51.3 Å². The quantitative estimate of drug-likeness (QED) is 0.129. The van der Waals surface area contributed by atoms with Gasteiger partial charge >= 0.3 is 0 Å². The number of nitrogens with one attached hydrogen (secondary N) is 2. The van der Waals surface area contributed by atoms with E-state index in [0.717, 1.165) is 32.6 Å². The van der Waals surface area contributed by atoms with Gasteiger partial charge in [-0.3, -0.25) is 4.79 Å². The Labute approximate surface area is 223 Å². The lowest BCUT2D eigenvalue weighted by Crippen LogP contribution is -2.23. The zero-order valence-corrected chi connectivity index (χ0v) is 22.7. The van der Waals surface area contributed by atoms with Crippen LogP contribution in [0.4, 0.5) is 0 Å². The van der Waals surface area contributed by atoms with Crippen molar-refractivity contribution >= 4 is 50.6 Å². The number of halogens is 1. The van der Waals surface area contributed by atoms with E-state index in [1.807, 2.05) is 24.3 Å². The van der Waals surface area contributed by atoms with Crippen LogP contribution in [0.1, 0.15) is 5.56 Å². The van der Waals surface area contributed by atoms with Crippen LogP contribution in [0.15, 0.2) is 76.1 Å². The monoisotopic (exact) mass is 566 g/mol. The highest BCUT2D eigenvalue weighted by atomic mass is 79.9. The highest BCUT2D eigenvalue weighted by Gasteiger charge is 2.14. The second-order valence-corrected chi connectivity index (χ2v) is 9.83. The molecular formula is C28H27BrN2O4S. The van der Waals surface area contributed by atoms with Gasteiger partial charge in [-0.15, -0.1) is 11.8 Å². The summed E-state index contributed by atoms with van der Waals surface area (Å²) in [6.45, 7) is 0.530. The lowest BCUT2D eigenvalue weighted by atomic mass is 10.1. The van der Waals surface area contributed by atoms with E-state index in [1.165, 1.54) is 16.4 Å². The van der Waals surface area contributed by atoms with Gasteiger partial charge in [-0.05, 0) is 47.5 Å². The third-order valence-corrected chi connectivity index (χ3v) is 7.20. The Bertz CT molecular complexity index is 1360. The molecule has 6 nitrogen and oxygen atoms in total. The van der Waals surface area contributed by atoms with Gasteiger partial charge in [-0.25, -0.2) is 0 Å². The van der Waals surface area contributed by atoms with Gasteiger partial charge in [0.2, 0.25) is 11.7 Å². The van der Waals surface area contributed by atoms with Gasteiger partial charge < -0.3 is 24.5 Å². The van der Waals surface area contributed by atoms with Crippen LogP contribution in [0.5, 0.6) is 17.2 Å². The summed E-state index contributed by atoms with van der Waals surface area (Å²) < 4.78 is 17.1. The van der Waals surface area contributed by atoms with Gasteiger partial charge in [0.1, 0.15) is 0 Å². The van der Waals surface area contributed by atoms with Crippen molar-refractivity contribution in [3.63, 3.8) is 0 Å². The standard InChI is InChI=1S/C28H27BrN2O4S/c1-33-23-16-18(17-24(34-2)27(23)35-3)8-13-25(32)30-14-15-36-28-21-6-4-5-7-22(21)31-26(28)19-9-11-20(29)12-10-19/h4-13,16-17,31H,14-15H2,1-3H3,(H,30,32)/b13-8+. The molecule has 4 rings (SSSR count). The van der Waals surface area contributed by atoms with Crippen molar-refractivity contribution in [3.8, 4) is 28.5 Å². The number of benzene rings is 3. The molecule has 0 bridgehead atoms. The van der Waals surface area contributed by atoms with Crippen LogP contribution in [0.25, 0.3) is 28.2 Å². The molecule has 1 heterocycles. The number of aromatic amines is 1. The number of aromatic nitrogens is 1. The number of hydrogen-bond donors (Lipinski definition) is 2. The third-order valence-electron chi connectivity index (χ3n) is 5.55. The van der Waals surface area contributed by atoms with Gasteiger partial charge in [-0.1, -0.05) is 46.3 Å². The molecule has 2 N–H and O–H groups in total. The van der Waals surface area contributed by atoms with Crippen molar-refractivity contribution in [1.29, 1.82) is 0 Å². The largest absolute Gasteiger partial charge is 0.493 e. The van der Waals surface area contributed by atoms with E-state index < -0.39 is 0 Å². The Morgan fingerprint density at radius 3 is 2.36 bits per heavy atom. The van der Waals surface area contributed by atoms with Crippen molar-refractivity contribution in [2.75, 3.05) is 33.6 Å². The minimum absolute atomic E-state index is 0.170. The number of carbonyl (C=O) groups excluding carboxylic acids is 1.